The molecule has 1 aromatic carbocycles. The summed E-state index contributed by atoms with van der Waals surface area (Å²) in [7, 11) is 1.74. The second kappa shape index (κ2) is 10.1. The van der Waals surface area contributed by atoms with Crippen LogP contribution in [0.3, 0.4) is 0 Å². The van der Waals surface area contributed by atoms with E-state index in [9.17, 15) is 9.59 Å². The van der Waals surface area contributed by atoms with Crippen LogP contribution in [0.1, 0.15) is 13.3 Å². The Balaban J connectivity index is 1.75. The Bertz CT molecular complexity index is 581. The molecule has 0 spiro atoms. The number of hydrogen-bond donors (Lipinski definition) is 1. The molecule has 7 nitrogen and oxygen atoms in total. The lowest BCUT2D eigenvalue weighted by molar-refractivity contribution is -0.145. The van der Waals surface area contributed by atoms with Crippen molar-refractivity contribution in [3.05, 3.63) is 30.3 Å². The van der Waals surface area contributed by atoms with Crippen LogP contribution in [0.15, 0.2) is 30.3 Å². The summed E-state index contributed by atoms with van der Waals surface area (Å²) in [5.74, 6) is -0.103. The van der Waals surface area contributed by atoms with E-state index in [0.717, 1.165) is 5.75 Å². The first kappa shape index (κ1) is 20.2. The molecule has 1 N–H and O–H groups in total. The monoisotopic (exact) mass is 364 g/mol. The predicted molar refractivity (Wildman–Crippen MR) is 97.2 cm³/mol. The Kier molecular flexibility index (Phi) is 7.87. The van der Waals surface area contributed by atoms with Crippen molar-refractivity contribution in [2.45, 2.75) is 19.4 Å². The summed E-state index contributed by atoms with van der Waals surface area (Å²) in [5.41, 5.74) is 0. The largest absolute Gasteiger partial charge is 0.494 e. The summed E-state index contributed by atoms with van der Waals surface area (Å²) >= 11 is 0. The van der Waals surface area contributed by atoms with E-state index in [-0.39, 0.29) is 24.5 Å². The van der Waals surface area contributed by atoms with Crippen LogP contribution in [-0.2, 0) is 14.3 Å². The standard InChI is InChI=1S/C19H28N2O5/c1-15(8-10-25-16-6-4-3-5-7-16)19(24)21-9-11-26-17(13-21)12-20(2)14-18(22)23/h3-7,15,17H,8-14H2,1-2H3,(H,22,23). The lowest BCUT2D eigenvalue weighted by atomic mass is 10.1. The molecule has 0 bridgehead atoms. The third-order valence-corrected chi connectivity index (χ3v) is 4.36. The molecule has 2 unspecified atom stereocenters. The summed E-state index contributed by atoms with van der Waals surface area (Å²) in [6, 6.07) is 9.55. The first-order chi connectivity index (χ1) is 12.5. The minimum absolute atomic E-state index is 0.0406. The number of benzene rings is 1. The Labute approximate surface area is 154 Å². The number of morpholine rings is 1. The van der Waals surface area contributed by atoms with E-state index >= 15 is 0 Å². The first-order valence-electron chi connectivity index (χ1n) is 8.94. The van der Waals surface area contributed by atoms with Gasteiger partial charge in [-0.2, -0.15) is 0 Å². The topological polar surface area (TPSA) is 79.3 Å². The zero-order valence-electron chi connectivity index (χ0n) is 15.5. The SMILES string of the molecule is CC(CCOc1ccccc1)C(=O)N1CCOC(CN(C)CC(=O)O)C1. The average Bonchev–Trinajstić information content (AvgIpc) is 2.61. The maximum absolute atomic E-state index is 12.7. The Morgan fingerprint density at radius 1 is 1.38 bits per heavy atom. The van der Waals surface area contributed by atoms with Crippen molar-refractivity contribution in [2.75, 3.05) is 46.4 Å². The molecule has 1 amide bonds. The quantitative estimate of drug-likeness (QED) is 0.712. The van der Waals surface area contributed by atoms with Gasteiger partial charge in [-0.3, -0.25) is 14.5 Å². The van der Waals surface area contributed by atoms with Crippen LogP contribution in [0.2, 0.25) is 0 Å². The number of hydrogen-bond acceptors (Lipinski definition) is 5. The number of rotatable bonds is 9. The van der Waals surface area contributed by atoms with Crippen LogP contribution < -0.4 is 4.74 Å². The Hall–Kier alpha value is -2.12. The first-order valence-corrected chi connectivity index (χ1v) is 8.94. The molecule has 7 heteroatoms. The van der Waals surface area contributed by atoms with Gasteiger partial charge in [0.2, 0.25) is 5.91 Å². The highest BCUT2D eigenvalue weighted by atomic mass is 16.5. The van der Waals surface area contributed by atoms with Crippen LogP contribution in [0.25, 0.3) is 0 Å². The number of nitrogens with zero attached hydrogens (tertiary/aromatic N) is 2. The molecule has 1 fully saturated rings. The number of carbonyl (C=O) groups is 2. The van der Waals surface area contributed by atoms with Gasteiger partial charge < -0.3 is 19.5 Å². The van der Waals surface area contributed by atoms with E-state index in [0.29, 0.717) is 39.3 Å². The number of ether oxygens (including phenoxy) is 2. The van der Waals surface area contributed by atoms with Gasteiger partial charge in [-0.05, 0) is 25.6 Å². The van der Waals surface area contributed by atoms with Crippen LogP contribution in [0, 0.1) is 5.92 Å². The van der Waals surface area contributed by atoms with E-state index < -0.39 is 5.97 Å². The van der Waals surface area contributed by atoms with E-state index in [4.69, 9.17) is 14.6 Å². The highest BCUT2D eigenvalue weighted by Gasteiger charge is 2.28. The Morgan fingerprint density at radius 2 is 2.12 bits per heavy atom. The van der Waals surface area contributed by atoms with Crippen molar-refractivity contribution in [3.63, 3.8) is 0 Å². The zero-order chi connectivity index (χ0) is 18.9. The highest BCUT2D eigenvalue weighted by molar-refractivity contribution is 5.78. The predicted octanol–water partition coefficient (Wildman–Crippen LogP) is 1.34. The van der Waals surface area contributed by atoms with Crippen molar-refractivity contribution in [1.82, 2.24) is 9.80 Å². The van der Waals surface area contributed by atoms with Gasteiger partial charge in [0, 0.05) is 25.6 Å². The summed E-state index contributed by atoms with van der Waals surface area (Å²) < 4.78 is 11.3. The molecule has 1 aromatic rings. The van der Waals surface area contributed by atoms with Crippen molar-refractivity contribution in [3.8, 4) is 5.75 Å². The van der Waals surface area contributed by atoms with Gasteiger partial charge >= 0.3 is 5.97 Å². The zero-order valence-corrected chi connectivity index (χ0v) is 15.5. The summed E-state index contributed by atoms with van der Waals surface area (Å²) in [6.07, 6.45) is 0.485. The smallest absolute Gasteiger partial charge is 0.317 e. The van der Waals surface area contributed by atoms with E-state index in [1.807, 2.05) is 42.2 Å². The third kappa shape index (κ3) is 6.65. The lowest BCUT2D eigenvalue weighted by Crippen LogP contribution is -2.51. The average molecular weight is 364 g/mol. The molecule has 1 saturated heterocycles. The number of para-hydroxylation sites is 1. The van der Waals surface area contributed by atoms with E-state index in [1.165, 1.54) is 0 Å². The molecule has 1 aliphatic heterocycles. The van der Waals surface area contributed by atoms with Gasteiger partial charge in [-0.25, -0.2) is 0 Å². The molecule has 0 aromatic heterocycles. The van der Waals surface area contributed by atoms with Crippen molar-refractivity contribution in [1.29, 1.82) is 0 Å². The fourth-order valence-electron chi connectivity index (χ4n) is 2.98. The van der Waals surface area contributed by atoms with E-state index in [2.05, 4.69) is 0 Å². The van der Waals surface area contributed by atoms with Gasteiger partial charge in [0.05, 0.1) is 25.9 Å². The molecular formula is C19H28N2O5. The highest BCUT2D eigenvalue weighted by Crippen LogP contribution is 2.15. The minimum atomic E-state index is -0.872. The van der Waals surface area contributed by atoms with Crippen LogP contribution in [-0.4, -0.2) is 79.3 Å². The number of carboxylic acid groups (broad SMARTS) is 1. The molecule has 0 saturated carbocycles. The van der Waals surface area contributed by atoms with E-state index in [1.54, 1.807) is 11.9 Å². The van der Waals surface area contributed by atoms with Gasteiger partial charge in [0.1, 0.15) is 5.75 Å². The van der Waals surface area contributed by atoms with Gasteiger partial charge in [-0.1, -0.05) is 25.1 Å². The van der Waals surface area contributed by atoms with Crippen LogP contribution in [0.4, 0.5) is 0 Å². The maximum Gasteiger partial charge on any atom is 0.317 e. The fraction of sp³-hybridized carbons (Fsp3) is 0.579. The number of carbonyl (C=O) groups excluding carboxylic acids is 1. The summed E-state index contributed by atoms with van der Waals surface area (Å²) in [5, 5.41) is 8.83. The third-order valence-electron chi connectivity index (χ3n) is 4.36. The second-order valence-electron chi connectivity index (χ2n) is 6.72. The molecule has 144 valence electrons. The number of carboxylic acids is 1. The Morgan fingerprint density at radius 3 is 2.81 bits per heavy atom. The normalized spacial score (nSPS) is 18.6. The van der Waals surface area contributed by atoms with Crippen molar-refractivity contribution < 1.29 is 24.2 Å². The molecule has 2 rings (SSSR count). The molecule has 0 radical (unpaired) electrons. The number of aliphatic carboxylic acids is 1. The molecule has 26 heavy (non-hydrogen) atoms. The molecule has 1 heterocycles. The fourth-order valence-corrected chi connectivity index (χ4v) is 2.98. The van der Waals surface area contributed by atoms with Crippen LogP contribution >= 0.6 is 0 Å². The van der Waals surface area contributed by atoms with Gasteiger partial charge in [0.15, 0.2) is 0 Å². The van der Waals surface area contributed by atoms with Crippen LogP contribution in [0.5, 0.6) is 5.75 Å². The molecule has 1 aliphatic rings. The molecular weight excluding hydrogens is 336 g/mol. The minimum Gasteiger partial charge on any atom is -0.494 e. The van der Waals surface area contributed by atoms with Gasteiger partial charge in [-0.15, -0.1) is 0 Å². The lowest BCUT2D eigenvalue weighted by Gasteiger charge is -2.35. The molecule has 2 atom stereocenters. The number of amides is 1. The molecule has 0 aliphatic carbocycles. The summed E-state index contributed by atoms with van der Waals surface area (Å²) in [6.45, 7) is 4.39. The van der Waals surface area contributed by atoms with Gasteiger partial charge in [0.25, 0.3) is 0 Å². The number of likely N-dealkylation sites (N-methyl/N-ethyl adjacent to an activating group) is 1. The van der Waals surface area contributed by atoms with Crippen molar-refractivity contribution in [2.24, 2.45) is 5.92 Å². The maximum atomic E-state index is 12.7. The second-order valence-corrected chi connectivity index (χ2v) is 6.72. The van der Waals surface area contributed by atoms with Crippen molar-refractivity contribution >= 4 is 11.9 Å². The summed E-state index contributed by atoms with van der Waals surface area (Å²) in [4.78, 5) is 26.9.